The van der Waals surface area contributed by atoms with Crippen molar-refractivity contribution in [2.75, 3.05) is 19.5 Å². The first-order valence-corrected chi connectivity index (χ1v) is 8.31. The van der Waals surface area contributed by atoms with Gasteiger partial charge in [-0.2, -0.15) is 8.42 Å². The minimum atomic E-state index is -3.59. The van der Waals surface area contributed by atoms with Gasteiger partial charge in [-0.1, -0.05) is 43.7 Å². The molecule has 0 saturated heterocycles. The smallest absolute Gasteiger partial charge is 0.315 e. The van der Waals surface area contributed by atoms with Crippen LogP contribution in [-0.4, -0.2) is 33.9 Å². The van der Waals surface area contributed by atoms with E-state index in [2.05, 4.69) is 0 Å². The third kappa shape index (κ3) is 6.16. The van der Waals surface area contributed by atoms with Crippen molar-refractivity contribution in [1.82, 2.24) is 0 Å². The van der Waals surface area contributed by atoms with Crippen molar-refractivity contribution >= 4 is 16.1 Å². The summed E-state index contributed by atoms with van der Waals surface area (Å²) < 4.78 is 32.0. The Balaban J connectivity index is 2.76. The van der Waals surface area contributed by atoms with Crippen LogP contribution in [0.3, 0.4) is 0 Å². The Hall–Kier alpha value is -1.40. The molecule has 0 aliphatic rings. The zero-order valence-corrected chi connectivity index (χ0v) is 12.6. The summed E-state index contributed by atoms with van der Waals surface area (Å²) in [5.74, 6) is -1.20. The lowest BCUT2D eigenvalue weighted by atomic mass is 10.0. The highest BCUT2D eigenvalue weighted by Gasteiger charge is 2.24. The molecule has 20 heavy (non-hydrogen) atoms. The number of rotatable bonds is 8. The third-order valence-corrected chi connectivity index (χ3v) is 3.24. The third-order valence-electron chi connectivity index (χ3n) is 2.68. The molecule has 0 aromatic heterocycles. The molecule has 0 heterocycles. The van der Waals surface area contributed by atoms with Crippen LogP contribution in [0.25, 0.3) is 0 Å². The van der Waals surface area contributed by atoms with Crippen molar-refractivity contribution in [3.63, 3.8) is 0 Å². The molecule has 0 amide bonds. The number of ether oxygens (including phenoxy) is 1. The lowest BCUT2D eigenvalue weighted by Gasteiger charge is -2.15. The second-order valence-corrected chi connectivity index (χ2v) is 6.12. The van der Waals surface area contributed by atoms with Crippen molar-refractivity contribution < 1.29 is 22.1 Å². The van der Waals surface area contributed by atoms with Gasteiger partial charge in [-0.15, -0.1) is 0 Å². The van der Waals surface area contributed by atoms with E-state index in [0.29, 0.717) is 12.2 Å². The van der Waals surface area contributed by atoms with Crippen molar-refractivity contribution in [2.45, 2.75) is 25.7 Å². The van der Waals surface area contributed by atoms with Crippen LogP contribution in [0.2, 0.25) is 0 Å². The zero-order valence-electron chi connectivity index (χ0n) is 11.7. The molecule has 0 N–H and O–H groups in total. The number of carbonyl (C=O) groups excluding carboxylic acids is 1. The molecule has 5 nitrogen and oxygen atoms in total. The SMILES string of the molecule is CCCCOC(=O)[C@H](COS(C)(=O)=O)c1ccccc1. The van der Waals surface area contributed by atoms with E-state index in [9.17, 15) is 13.2 Å². The van der Waals surface area contributed by atoms with E-state index in [1.807, 2.05) is 13.0 Å². The Morgan fingerprint density at radius 1 is 1.25 bits per heavy atom. The largest absolute Gasteiger partial charge is 0.465 e. The van der Waals surface area contributed by atoms with Crippen molar-refractivity contribution in [2.24, 2.45) is 0 Å². The maximum absolute atomic E-state index is 12.0. The second-order valence-electron chi connectivity index (χ2n) is 4.47. The molecule has 1 atom stereocenters. The summed E-state index contributed by atoms with van der Waals surface area (Å²) in [6, 6.07) is 8.87. The molecule has 0 aliphatic heterocycles. The van der Waals surface area contributed by atoms with Gasteiger partial charge < -0.3 is 4.74 Å². The average molecular weight is 300 g/mol. The maximum Gasteiger partial charge on any atom is 0.315 e. The maximum atomic E-state index is 12.0. The highest BCUT2D eigenvalue weighted by atomic mass is 32.2. The van der Waals surface area contributed by atoms with E-state index in [1.54, 1.807) is 24.3 Å². The van der Waals surface area contributed by atoms with Crippen LogP contribution in [0, 0.1) is 0 Å². The Kier molecular flexibility index (Phi) is 6.67. The number of hydrogen-bond donors (Lipinski definition) is 0. The first kappa shape index (κ1) is 16.7. The van der Waals surface area contributed by atoms with E-state index in [0.717, 1.165) is 19.1 Å². The molecule has 1 aromatic rings. The van der Waals surface area contributed by atoms with Gasteiger partial charge in [-0.3, -0.25) is 8.98 Å². The summed E-state index contributed by atoms with van der Waals surface area (Å²) in [6.07, 6.45) is 2.65. The van der Waals surface area contributed by atoms with Gasteiger partial charge in [0.1, 0.15) is 5.92 Å². The highest BCUT2D eigenvalue weighted by Crippen LogP contribution is 2.18. The lowest BCUT2D eigenvalue weighted by molar-refractivity contribution is -0.146. The van der Waals surface area contributed by atoms with Crippen LogP contribution in [0.1, 0.15) is 31.2 Å². The molecule has 0 fully saturated rings. The van der Waals surface area contributed by atoms with Crippen molar-refractivity contribution in [3.05, 3.63) is 35.9 Å². The predicted octanol–water partition coefficient (Wildman–Crippen LogP) is 2.09. The van der Waals surface area contributed by atoms with Crippen LogP contribution in [-0.2, 0) is 23.8 Å². The lowest BCUT2D eigenvalue weighted by Crippen LogP contribution is -2.22. The minimum Gasteiger partial charge on any atom is -0.465 e. The molecular formula is C14H20O5S. The fourth-order valence-electron chi connectivity index (χ4n) is 1.60. The number of carbonyl (C=O) groups is 1. The normalized spacial score (nSPS) is 12.9. The number of unbranched alkanes of at least 4 members (excludes halogenated alkanes) is 1. The van der Waals surface area contributed by atoms with Gasteiger partial charge in [-0.05, 0) is 12.0 Å². The van der Waals surface area contributed by atoms with Crippen LogP contribution in [0.5, 0.6) is 0 Å². The van der Waals surface area contributed by atoms with Crippen LogP contribution >= 0.6 is 0 Å². The van der Waals surface area contributed by atoms with E-state index in [-0.39, 0.29) is 6.61 Å². The van der Waals surface area contributed by atoms with Gasteiger partial charge in [0.2, 0.25) is 0 Å². The van der Waals surface area contributed by atoms with Gasteiger partial charge in [-0.25, -0.2) is 0 Å². The highest BCUT2D eigenvalue weighted by molar-refractivity contribution is 7.85. The summed E-state index contributed by atoms with van der Waals surface area (Å²) in [5, 5.41) is 0. The van der Waals surface area contributed by atoms with Gasteiger partial charge in [0, 0.05) is 0 Å². The quantitative estimate of drug-likeness (QED) is 0.418. The first-order chi connectivity index (χ1) is 9.44. The molecule has 6 heteroatoms. The van der Waals surface area contributed by atoms with E-state index < -0.39 is 22.0 Å². The topological polar surface area (TPSA) is 69.7 Å². The van der Waals surface area contributed by atoms with Crippen LogP contribution in [0.15, 0.2) is 30.3 Å². The number of hydrogen-bond acceptors (Lipinski definition) is 5. The zero-order chi connectivity index (χ0) is 15.0. The fraction of sp³-hybridized carbons (Fsp3) is 0.500. The summed E-state index contributed by atoms with van der Waals surface area (Å²) in [7, 11) is -3.59. The first-order valence-electron chi connectivity index (χ1n) is 6.50. The summed E-state index contributed by atoms with van der Waals surface area (Å²) in [4.78, 5) is 12.0. The van der Waals surface area contributed by atoms with E-state index in [1.165, 1.54) is 0 Å². The summed E-state index contributed by atoms with van der Waals surface area (Å²) >= 11 is 0. The van der Waals surface area contributed by atoms with Gasteiger partial charge in [0.25, 0.3) is 10.1 Å². The number of benzene rings is 1. The molecule has 0 saturated carbocycles. The van der Waals surface area contributed by atoms with Crippen molar-refractivity contribution in [3.8, 4) is 0 Å². The second kappa shape index (κ2) is 8.01. The summed E-state index contributed by atoms with van der Waals surface area (Å²) in [6.45, 7) is 2.08. The van der Waals surface area contributed by atoms with Gasteiger partial charge >= 0.3 is 5.97 Å². The molecule has 1 aromatic carbocycles. The molecule has 112 valence electrons. The van der Waals surface area contributed by atoms with E-state index in [4.69, 9.17) is 8.92 Å². The molecular weight excluding hydrogens is 280 g/mol. The molecule has 1 rings (SSSR count). The fourth-order valence-corrected chi connectivity index (χ4v) is 1.98. The monoisotopic (exact) mass is 300 g/mol. The Morgan fingerprint density at radius 2 is 1.90 bits per heavy atom. The molecule has 0 spiro atoms. The van der Waals surface area contributed by atoms with Crippen LogP contribution in [0.4, 0.5) is 0 Å². The van der Waals surface area contributed by atoms with Gasteiger partial charge in [0.05, 0.1) is 19.5 Å². The van der Waals surface area contributed by atoms with Gasteiger partial charge in [0.15, 0.2) is 0 Å². The Morgan fingerprint density at radius 3 is 2.45 bits per heavy atom. The molecule has 0 aliphatic carbocycles. The Bertz CT molecular complexity index is 510. The summed E-state index contributed by atoms with van der Waals surface area (Å²) in [5.41, 5.74) is 0.678. The van der Waals surface area contributed by atoms with Crippen molar-refractivity contribution in [1.29, 1.82) is 0 Å². The Labute approximate surface area is 120 Å². The van der Waals surface area contributed by atoms with Crippen LogP contribution < -0.4 is 0 Å². The van der Waals surface area contributed by atoms with E-state index >= 15 is 0 Å². The molecule has 0 unspecified atom stereocenters. The molecule has 0 bridgehead atoms. The minimum absolute atomic E-state index is 0.242. The predicted molar refractivity (Wildman–Crippen MR) is 75.8 cm³/mol. The number of esters is 1. The average Bonchev–Trinajstić information content (AvgIpc) is 2.39. The molecule has 0 radical (unpaired) electrons. The standard InChI is InChI=1S/C14H20O5S/c1-3-4-10-18-14(15)13(11-19-20(2,16)17)12-8-6-5-7-9-12/h5-9,13H,3-4,10-11H2,1-2H3/t13-/m1/s1.